The number of carbonyl (C=O) groups is 2. The van der Waals surface area contributed by atoms with Gasteiger partial charge in [0.25, 0.3) is 11.7 Å². The fraction of sp³-hybridized carbons (Fsp3) is 0.200. The van der Waals surface area contributed by atoms with Crippen LogP contribution in [-0.4, -0.2) is 29.2 Å². The number of hydrogen-bond acceptors (Lipinski definition) is 3. The minimum absolute atomic E-state index is 0.128. The predicted molar refractivity (Wildman–Crippen MR) is 102 cm³/mol. The molecule has 26 heavy (non-hydrogen) atoms. The number of nitrogens with one attached hydrogen (secondary N) is 1. The Morgan fingerprint density at radius 3 is 2.58 bits per heavy atom. The van der Waals surface area contributed by atoms with Crippen molar-refractivity contribution >= 4 is 28.8 Å². The summed E-state index contributed by atoms with van der Waals surface area (Å²) in [5, 5.41) is 3.09. The summed E-state index contributed by atoms with van der Waals surface area (Å²) in [5.74, 6) is -0.679. The van der Waals surface area contributed by atoms with Gasteiger partial charge in [0.15, 0.2) is 0 Å². The molecule has 0 aliphatic carbocycles. The van der Waals surface area contributed by atoms with Crippen LogP contribution in [0.2, 0.25) is 5.02 Å². The van der Waals surface area contributed by atoms with Crippen molar-refractivity contribution in [1.29, 1.82) is 0 Å². The van der Waals surface area contributed by atoms with Gasteiger partial charge in [-0.3, -0.25) is 9.59 Å². The molecule has 0 saturated heterocycles. The highest BCUT2D eigenvalue weighted by Gasteiger charge is 2.25. The van der Waals surface area contributed by atoms with Gasteiger partial charge in [-0.15, -0.1) is 0 Å². The maximum Gasteiger partial charge on any atom is 0.294 e. The normalized spacial score (nSPS) is 11.0. The lowest BCUT2D eigenvalue weighted by Gasteiger charge is -2.10. The van der Waals surface area contributed by atoms with Crippen LogP contribution in [0.15, 0.2) is 48.7 Å². The topological polar surface area (TPSA) is 59.8 Å². The monoisotopic (exact) mass is 370 g/mol. The second-order valence-electron chi connectivity index (χ2n) is 6.21. The Kier molecular flexibility index (Phi) is 5.00. The summed E-state index contributed by atoms with van der Waals surface area (Å²) in [6, 6.07) is 12.6. The van der Waals surface area contributed by atoms with E-state index in [-0.39, 0.29) is 6.04 Å². The van der Waals surface area contributed by atoms with Crippen LogP contribution in [0.5, 0.6) is 5.75 Å². The predicted octanol–water partition coefficient (Wildman–Crippen LogP) is 3.98. The van der Waals surface area contributed by atoms with Crippen LogP contribution in [0.1, 0.15) is 24.3 Å². The fourth-order valence-electron chi connectivity index (χ4n) is 2.84. The minimum Gasteiger partial charge on any atom is -0.495 e. The Balaban J connectivity index is 2.18. The lowest BCUT2D eigenvalue weighted by molar-refractivity contribution is -0.117. The van der Waals surface area contributed by atoms with Gasteiger partial charge in [-0.1, -0.05) is 23.7 Å². The largest absolute Gasteiger partial charge is 0.495 e. The standard InChI is InChI=1S/C20H19ClN2O3/c1-12(2)22-20(25)19(24)18-15(11-14-6-4-5-9-23(14)18)13-7-8-17(26-3)16(21)10-13/h4-12H,1-3H3,(H,22,25). The third-order valence-electron chi connectivity index (χ3n) is 3.98. The van der Waals surface area contributed by atoms with Crippen LogP contribution in [-0.2, 0) is 4.79 Å². The second kappa shape index (κ2) is 7.22. The van der Waals surface area contributed by atoms with Crippen LogP contribution >= 0.6 is 11.6 Å². The first kappa shape index (κ1) is 18.0. The molecule has 6 heteroatoms. The van der Waals surface area contributed by atoms with Crippen molar-refractivity contribution in [3.63, 3.8) is 0 Å². The second-order valence-corrected chi connectivity index (χ2v) is 6.62. The quantitative estimate of drug-likeness (QED) is 0.546. The van der Waals surface area contributed by atoms with E-state index in [1.165, 1.54) is 0 Å². The van der Waals surface area contributed by atoms with Crippen molar-refractivity contribution in [1.82, 2.24) is 9.72 Å². The number of rotatable bonds is 5. The zero-order chi connectivity index (χ0) is 18.8. The van der Waals surface area contributed by atoms with E-state index < -0.39 is 11.7 Å². The molecule has 134 valence electrons. The Morgan fingerprint density at radius 2 is 1.92 bits per heavy atom. The number of amides is 1. The van der Waals surface area contributed by atoms with Crippen molar-refractivity contribution in [2.75, 3.05) is 7.11 Å². The van der Waals surface area contributed by atoms with Gasteiger partial charge in [0.05, 0.1) is 12.1 Å². The van der Waals surface area contributed by atoms with Gasteiger partial charge in [0.2, 0.25) is 0 Å². The van der Waals surface area contributed by atoms with E-state index in [0.717, 1.165) is 11.1 Å². The minimum atomic E-state index is -0.635. The number of Topliss-reactive ketones (excluding diaryl/α,β-unsaturated/α-hetero) is 1. The number of ketones is 1. The number of hydrogen-bond donors (Lipinski definition) is 1. The van der Waals surface area contributed by atoms with E-state index in [2.05, 4.69) is 5.32 Å². The fourth-order valence-corrected chi connectivity index (χ4v) is 3.10. The molecule has 0 atom stereocenters. The molecule has 0 fully saturated rings. The zero-order valence-electron chi connectivity index (χ0n) is 14.7. The maximum atomic E-state index is 12.9. The van der Waals surface area contributed by atoms with E-state index in [1.807, 2.05) is 44.2 Å². The van der Waals surface area contributed by atoms with Crippen molar-refractivity contribution < 1.29 is 14.3 Å². The SMILES string of the molecule is COc1ccc(-c2cc3ccccn3c2C(=O)C(=O)NC(C)C)cc1Cl. The molecule has 2 heterocycles. The summed E-state index contributed by atoms with van der Waals surface area (Å²) in [6.07, 6.45) is 1.76. The van der Waals surface area contributed by atoms with E-state index in [4.69, 9.17) is 16.3 Å². The van der Waals surface area contributed by atoms with Crippen LogP contribution in [0.3, 0.4) is 0 Å². The summed E-state index contributed by atoms with van der Waals surface area (Å²) < 4.78 is 6.90. The Bertz CT molecular complexity index is 992. The molecule has 0 aliphatic heterocycles. The van der Waals surface area contributed by atoms with E-state index in [9.17, 15) is 9.59 Å². The summed E-state index contributed by atoms with van der Waals surface area (Å²) in [7, 11) is 1.54. The molecular formula is C20H19ClN2O3. The third-order valence-corrected chi connectivity index (χ3v) is 4.28. The van der Waals surface area contributed by atoms with E-state index in [0.29, 0.717) is 22.0 Å². The Morgan fingerprint density at radius 1 is 1.15 bits per heavy atom. The molecular weight excluding hydrogens is 352 g/mol. The molecule has 3 aromatic rings. The molecule has 5 nitrogen and oxygen atoms in total. The highest BCUT2D eigenvalue weighted by atomic mass is 35.5. The number of fused-ring (bicyclic) bond motifs is 1. The summed E-state index contributed by atoms with van der Waals surface area (Å²) in [6.45, 7) is 3.62. The molecule has 0 unspecified atom stereocenters. The molecule has 0 aliphatic rings. The lowest BCUT2D eigenvalue weighted by atomic mass is 10.0. The van der Waals surface area contributed by atoms with Crippen LogP contribution in [0.4, 0.5) is 0 Å². The number of ether oxygens (including phenoxy) is 1. The van der Waals surface area contributed by atoms with E-state index in [1.54, 1.807) is 29.8 Å². The summed E-state index contributed by atoms with van der Waals surface area (Å²) in [5.41, 5.74) is 2.50. The number of halogens is 1. The molecule has 1 aromatic carbocycles. The number of methoxy groups -OCH3 is 1. The first-order chi connectivity index (χ1) is 12.4. The highest BCUT2D eigenvalue weighted by molar-refractivity contribution is 6.43. The van der Waals surface area contributed by atoms with Gasteiger partial charge in [-0.25, -0.2) is 0 Å². The molecule has 1 N–H and O–H groups in total. The zero-order valence-corrected chi connectivity index (χ0v) is 15.5. The Labute approximate surface area is 156 Å². The average molecular weight is 371 g/mol. The van der Waals surface area contributed by atoms with Gasteiger partial charge < -0.3 is 14.5 Å². The smallest absolute Gasteiger partial charge is 0.294 e. The summed E-state index contributed by atoms with van der Waals surface area (Å²) in [4.78, 5) is 25.2. The third kappa shape index (κ3) is 3.30. The lowest BCUT2D eigenvalue weighted by Crippen LogP contribution is -2.36. The number of pyridine rings is 1. The van der Waals surface area contributed by atoms with Crippen LogP contribution in [0.25, 0.3) is 16.6 Å². The van der Waals surface area contributed by atoms with E-state index >= 15 is 0 Å². The van der Waals surface area contributed by atoms with Gasteiger partial charge in [0, 0.05) is 23.3 Å². The van der Waals surface area contributed by atoms with Gasteiger partial charge in [-0.2, -0.15) is 0 Å². The first-order valence-corrected chi connectivity index (χ1v) is 8.59. The molecule has 2 aromatic heterocycles. The van der Waals surface area contributed by atoms with Gasteiger partial charge in [-0.05, 0) is 49.7 Å². The number of carbonyl (C=O) groups excluding carboxylic acids is 2. The number of benzene rings is 1. The van der Waals surface area contributed by atoms with Crippen molar-refractivity contribution in [2.45, 2.75) is 19.9 Å². The summed E-state index contributed by atoms with van der Waals surface area (Å²) >= 11 is 6.25. The van der Waals surface area contributed by atoms with Gasteiger partial charge >= 0.3 is 0 Å². The van der Waals surface area contributed by atoms with Gasteiger partial charge in [0.1, 0.15) is 11.4 Å². The molecule has 0 bridgehead atoms. The van der Waals surface area contributed by atoms with Crippen molar-refractivity contribution in [3.8, 4) is 16.9 Å². The first-order valence-electron chi connectivity index (χ1n) is 8.21. The molecule has 0 radical (unpaired) electrons. The molecule has 3 rings (SSSR count). The maximum absolute atomic E-state index is 12.9. The van der Waals surface area contributed by atoms with Crippen LogP contribution in [0, 0.1) is 0 Å². The van der Waals surface area contributed by atoms with Crippen LogP contribution < -0.4 is 10.1 Å². The molecule has 0 spiro atoms. The van der Waals surface area contributed by atoms with Crippen molar-refractivity contribution in [3.05, 3.63) is 59.4 Å². The number of aromatic nitrogens is 1. The Hall–Kier alpha value is -2.79. The van der Waals surface area contributed by atoms with Crippen molar-refractivity contribution in [2.24, 2.45) is 0 Å². The molecule has 0 saturated carbocycles. The number of nitrogens with zero attached hydrogens (tertiary/aromatic N) is 1. The average Bonchev–Trinajstić information content (AvgIpc) is 2.99. The molecule has 1 amide bonds. The highest BCUT2D eigenvalue weighted by Crippen LogP contribution is 2.33.